The second-order valence-corrected chi connectivity index (χ2v) is 8.76. The highest BCUT2D eigenvalue weighted by molar-refractivity contribution is 7.13. The van der Waals surface area contributed by atoms with Gasteiger partial charge in [-0.2, -0.15) is 5.10 Å². The van der Waals surface area contributed by atoms with Crippen LogP contribution in [0.5, 0.6) is 0 Å². The monoisotopic (exact) mass is 488 g/mol. The average Bonchev–Trinajstić information content (AvgIpc) is 3.54. The molecule has 0 radical (unpaired) electrons. The largest absolute Gasteiger partial charge is 0.452 e. The number of benzene rings is 2. The fourth-order valence-electron chi connectivity index (χ4n) is 3.47. The zero-order valence-electron chi connectivity index (χ0n) is 19.3. The van der Waals surface area contributed by atoms with Crippen molar-refractivity contribution in [3.05, 3.63) is 88.9 Å². The van der Waals surface area contributed by atoms with Crippen LogP contribution in [0.4, 0.5) is 5.69 Å². The molecule has 178 valence electrons. The average molecular weight is 489 g/mol. The number of aryl methyl sites for hydroxylation is 2. The minimum Gasteiger partial charge on any atom is -0.452 e. The molecular weight excluding hydrogens is 464 g/mol. The first kappa shape index (κ1) is 23.9. The van der Waals surface area contributed by atoms with Crippen LogP contribution in [-0.4, -0.2) is 40.7 Å². The third-order valence-corrected chi connectivity index (χ3v) is 6.11. The van der Waals surface area contributed by atoms with Crippen molar-refractivity contribution in [3.8, 4) is 16.3 Å². The molecule has 4 rings (SSSR count). The number of aromatic nitrogens is 2. The van der Waals surface area contributed by atoms with E-state index in [0.717, 1.165) is 27.4 Å². The molecule has 0 saturated carbocycles. The molecule has 0 unspecified atom stereocenters. The number of carbonyl (C=O) groups is 3. The Morgan fingerprint density at radius 3 is 2.37 bits per heavy atom. The summed E-state index contributed by atoms with van der Waals surface area (Å²) in [6.45, 7) is 3.03. The topological polar surface area (TPSA) is 102 Å². The van der Waals surface area contributed by atoms with E-state index in [1.54, 1.807) is 10.9 Å². The van der Waals surface area contributed by atoms with Crippen molar-refractivity contribution in [1.82, 2.24) is 15.1 Å². The van der Waals surface area contributed by atoms with Crippen molar-refractivity contribution in [2.45, 2.75) is 13.8 Å². The van der Waals surface area contributed by atoms with Crippen LogP contribution in [-0.2, 0) is 14.3 Å². The minimum atomic E-state index is -0.675. The quantitative estimate of drug-likeness (QED) is 0.363. The number of hydrogen-bond donors (Lipinski definition) is 2. The van der Waals surface area contributed by atoms with Crippen LogP contribution < -0.4 is 10.6 Å². The van der Waals surface area contributed by atoms with Gasteiger partial charge < -0.3 is 15.4 Å². The van der Waals surface area contributed by atoms with E-state index in [4.69, 9.17) is 4.74 Å². The highest BCUT2D eigenvalue weighted by Crippen LogP contribution is 2.28. The molecule has 0 spiro atoms. The second-order valence-electron chi connectivity index (χ2n) is 7.82. The van der Waals surface area contributed by atoms with Crippen molar-refractivity contribution in [2.75, 3.05) is 18.5 Å². The van der Waals surface area contributed by atoms with E-state index >= 15 is 0 Å². The van der Waals surface area contributed by atoms with Crippen LogP contribution in [0.25, 0.3) is 16.3 Å². The summed E-state index contributed by atoms with van der Waals surface area (Å²) in [5.41, 5.74) is 4.08. The van der Waals surface area contributed by atoms with Gasteiger partial charge in [-0.05, 0) is 48.6 Å². The van der Waals surface area contributed by atoms with E-state index in [-0.39, 0.29) is 18.0 Å². The Kier molecular flexibility index (Phi) is 7.37. The first-order valence-electron chi connectivity index (χ1n) is 10.9. The molecule has 9 heteroatoms. The van der Waals surface area contributed by atoms with E-state index in [2.05, 4.69) is 15.7 Å². The number of para-hydroxylation sites is 2. The lowest BCUT2D eigenvalue weighted by atomic mass is 10.1. The van der Waals surface area contributed by atoms with Crippen molar-refractivity contribution in [3.63, 3.8) is 0 Å². The third-order valence-electron chi connectivity index (χ3n) is 5.24. The van der Waals surface area contributed by atoms with E-state index < -0.39 is 18.5 Å². The molecule has 2 N–H and O–H groups in total. The maximum absolute atomic E-state index is 12.8. The van der Waals surface area contributed by atoms with Gasteiger partial charge in [-0.1, -0.05) is 42.5 Å². The van der Waals surface area contributed by atoms with Crippen LogP contribution >= 0.6 is 11.3 Å². The smallest absolute Gasteiger partial charge is 0.342 e. The maximum Gasteiger partial charge on any atom is 0.342 e. The molecule has 0 atom stereocenters. The molecule has 0 bridgehead atoms. The Morgan fingerprint density at radius 2 is 1.69 bits per heavy atom. The van der Waals surface area contributed by atoms with Gasteiger partial charge in [-0.3, -0.25) is 9.59 Å². The zero-order valence-corrected chi connectivity index (χ0v) is 20.1. The summed E-state index contributed by atoms with van der Waals surface area (Å²) in [7, 11) is 0. The standard InChI is InChI=1S/C26H24N4O4S/c1-17-8-6-9-18(2)24(17)28-22(31)14-27-23(32)16-34-26(33)20-15-30(19-10-4-3-5-11-19)29-25(20)21-12-7-13-35-21/h3-13,15H,14,16H2,1-2H3,(H,27,32)(H,28,31). The van der Waals surface area contributed by atoms with E-state index in [1.807, 2.05) is 79.9 Å². The number of carbonyl (C=O) groups excluding carboxylic acids is 3. The number of ether oxygens (including phenoxy) is 1. The number of nitrogens with one attached hydrogen (secondary N) is 2. The van der Waals surface area contributed by atoms with Gasteiger partial charge >= 0.3 is 5.97 Å². The van der Waals surface area contributed by atoms with Crippen LogP contribution in [0.2, 0.25) is 0 Å². The molecule has 0 aliphatic carbocycles. The van der Waals surface area contributed by atoms with Crippen molar-refractivity contribution >= 4 is 34.8 Å². The number of thiophene rings is 1. The van der Waals surface area contributed by atoms with Crippen LogP contribution in [0.15, 0.2) is 72.2 Å². The van der Waals surface area contributed by atoms with Gasteiger partial charge in [0.15, 0.2) is 6.61 Å². The summed E-state index contributed by atoms with van der Waals surface area (Å²) in [5, 5.41) is 11.7. The van der Waals surface area contributed by atoms with E-state index in [0.29, 0.717) is 5.69 Å². The Hall–Kier alpha value is -4.24. The number of amides is 2. The van der Waals surface area contributed by atoms with Gasteiger partial charge in [0, 0.05) is 11.9 Å². The molecule has 0 saturated heterocycles. The normalized spacial score (nSPS) is 10.6. The lowest BCUT2D eigenvalue weighted by Crippen LogP contribution is -2.35. The van der Waals surface area contributed by atoms with Crippen LogP contribution in [0.3, 0.4) is 0 Å². The molecule has 4 aromatic rings. The summed E-state index contributed by atoms with van der Waals surface area (Å²) >= 11 is 1.45. The summed E-state index contributed by atoms with van der Waals surface area (Å²) in [4.78, 5) is 38.1. The minimum absolute atomic E-state index is 0.240. The maximum atomic E-state index is 12.8. The number of hydrogen-bond acceptors (Lipinski definition) is 6. The molecule has 2 heterocycles. The fraction of sp³-hybridized carbons (Fsp3) is 0.154. The van der Waals surface area contributed by atoms with Gasteiger partial charge in [-0.25, -0.2) is 9.48 Å². The Balaban J connectivity index is 1.37. The van der Waals surface area contributed by atoms with Gasteiger partial charge in [0.05, 0.1) is 17.1 Å². The highest BCUT2D eigenvalue weighted by Gasteiger charge is 2.21. The van der Waals surface area contributed by atoms with Crippen LogP contribution in [0, 0.1) is 13.8 Å². The number of anilines is 1. The van der Waals surface area contributed by atoms with Gasteiger partial charge in [-0.15, -0.1) is 11.3 Å². The molecule has 35 heavy (non-hydrogen) atoms. The number of esters is 1. The third kappa shape index (κ3) is 5.82. The summed E-state index contributed by atoms with van der Waals surface area (Å²) in [6.07, 6.45) is 1.59. The van der Waals surface area contributed by atoms with Gasteiger partial charge in [0.1, 0.15) is 11.3 Å². The second kappa shape index (κ2) is 10.8. The molecular formula is C26H24N4O4S. The molecule has 0 aliphatic heterocycles. The summed E-state index contributed by atoms with van der Waals surface area (Å²) < 4.78 is 6.84. The van der Waals surface area contributed by atoms with Crippen molar-refractivity contribution < 1.29 is 19.1 Å². The SMILES string of the molecule is Cc1cccc(C)c1NC(=O)CNC(=O)COC(=O)c1cn(-c2ccccc2)nc1-c1cccs1. The van der Waals surface area contributed by atoms with Crippen LogP contribution in [0.1, 0.15) is 21.5 Å². The molecule has 2 aromatic heterocycles. The molecule has 2 amide bonds. The summed E-state index contributed by atoms with van der Waals surface area (Å²) in [6, 6.07) is 18.8. The number of rotatable bonds is 8. The first-order chi connectivity index (χ1) is 16.9. The Morgan fingerprint density at radius 1 is 0.943 bits per heavy atom. The molecule has 2 aromatic carbocycles. The zero-order chi connectivity index (χ0) is 24.8. The first-order valence-corrected chi connectivity index (χ1v) is 11.8. The lowest BCUT2D eigenvalue weighted by Gasteiger charge is -2.12. The van der Waals surface area contributed by atoms with Crippen molar-refractivity contribution in [2.24, 2.45) is 0 Å². The number of nitrogens with zero attached hydrogens (tertiary/aromatic N) is 2. The predicted molar refractivity (Wildman–Crippen MR) is 135 cm³/mol. The fourth-order valence-corrected chi connectivity index (χ4v) is 4.19. The lowest BCUT2D eigenvalue weighted by molar-refractivity contribution is -0.126. The van der Waals surface area contributed by atoms with E-state index in [9.17, 15) is 14.4 Å². The van der Waals surface area contributed by atoms with Gasteiger partial charge in [0.2, 0.25) is 5.91 Å². The predicted octanol–water partition coefficient (Wildman–Crippen LogP) is 4.13. The van der Waals surface area contributed by atoms with E-state index in [1.165, 1.54) is 11.3 Å². The summed E-state index contributed by atoms with van der Waals surface area (Å²) in [5.74, 6) is -1.62. The van der Waals surface area contributed by atoms with Crippen molar-refractivity contribution in [1.29, 1.82) is 0 Å². The Labute approximate surface area is 206 Å². The molecule has 0 aliphatic rings. The highest BCUT2D eigenvalue weighted by atomic mass is 32.1. The van der Waals surface area contributed by atoms with Gasteiger partial charge in [0.25, 0.3) is 5.91 Å². The Bertz CT molecular complexity index is 1330. The molecule has 0 fully saturated rings. The molecule has 8 nitrogen and oxygen atoms in total.